The first-order valence-electron chi connectivity index (χ1n) is 9.11. The van der Waals surface area contributed by atoms with Crippen molar-refractivity contribution in [3.63, 3.8) is 0 Å². The molecule has 136 valence electrons. The molecule has 0 unspecified atom stereocenters. The SMILES string of the molecule is Cc1ccc(-c2csc3ncnc(Nc4cccc5cccnc45)c23)c(C)c1. The van der Waals surface area contributed by atoms with Gasteiger partial charge < -0.3 is 5.32 Å². The number of nitrogens with one attached hydrogen (secondary N) is 1. The van der Waals surface area contributed by atoms with E-state index in [0.29, 0.717) is 0 Å². The number of hydrogen-bond acceptors (Lipinski definition) is 5. The quantitative estimate of drug-likeness (QED) is 0.400. The van der Waals surface area contributed by atoms with E-state index in [1.165, 1.54) is 16.7 Å². The van der Waals surface area contributed by atoms with E-state index < -0.39 is 0 Å². The van der Waals surface area contributed by atoms with Crippen LogP contribution in [-0.4, -0.2) is 15.0 Å². The standard InChI is InChI=1S/C23H18N4S/c1-14-8-9-17(15(2)11-14)18-12-28-23-20(18)22(25-13-26-23)27-19-7-3-5-16-6-4-10-24-21(16)19/h3-13H,1-2H3,(H,25,26,27). The summed E-state index contributed by atoms with van der Waals surface area (Å²) < 4.78 is 0. The first-order chi connectivity index (χ1) is 13.7. The van der Waals surface area contributed by atoms with Crippen LogP contribution in [0.25, 0.3) is 32.2 Å². The molecule has 0 aliphatic heterocycles. The molecule has 0 radical (unpaired) electrons. The van der Waals surface area contributed by atoms with E-state index in [4.69, 9.17) is 0 Å². The molecule has 0 amide bonds. The van der Waals surface area contributed by atoms with E-state index in [-0.39, 0.29) is 0 Å². The molecular weight excluding hydrogens is 364 g/mol. The zero-order valence-electron chi connectivity index (χ0n) is 15.6. The van der Waals surface area contributed by atoms with Gasteiger partial charge >= 0.3 is 0 Å². The molecule has 0 fully saturated rings. The van der Waals surface area contributed by atoms with Crippen molar-refractivity contribution in [1.29, 1.82) is 0 Å². The number of benzene rings is 2. The molecule has 3 aromatic heterocycles. The molecule has 28 heavy (non-hydrogen) atoms. The molecule has 2 aromatic carbocycles. The molecule has 5 heteroatoms. The highest BCUT2D eigenvalue weighted by Crippen LogP contribution is 2.39. The van der Waals surface area contributed by atoms with Gasteiger partial charge in [-0.1, -0.05) is 42.0 Å². The Hall–Kier alpha value is -3.31. The Labute approximate surface area is 166 Å². The molecule has 4 nitrogen and oxygen atoms in total. The van der Waals surface area contributed by atoms with Gasteiger partial charge in [0.25, 0.3) is 0 Å². The van der Waals surface area contributed by atoms with Crippen LogP contribution in [0.15, 0.2) is 66.4 Å². The van der Waals surface area contributed by atoms with Crippen LogP contribution >= 0.6 is 11.3 Å². The van der Waals surface area contributed by atoms with Crippen molar-refractivity contribution in [2.24, 2.45) is 0 Å². The molecule has 1 N–H and O–H groups in total. The summed E-state index contributed by atoms with van der Waals surface area (Å²) in [6.45, 7) is 4.27. The van der Waals surface area contributed by atoms with Gasteiger partial charge in [0, 0.05) is 22.5 Å². The van der Waals surface area contributed by atoms with Gasteiger partial charge in [0.2, 0.25) is 0 Å². The fraction of sp³-hybridized carbons (Fsp3) is 0.0870. The second kappa shape index (κ2) is 6.69. The first kappa shape index (κ1) is 16.8. The second-order valence-electron chi connectivity index (χ2n) is 6.88. The third-order valence-electron chi connectivity index (χ3n) is 4.93. The summed E-state index contributed by atoms with van der Waals surface area (Å²) in [5.41, 5.74) is 6.76. The minimum Gasteiger partial charge on any atom is -0.338 e. The number of aromatic nitrogens is 3. The lowest BCUT2D eigenvalue weighted by Gasteiger charge is -2.11. The van der Waals surface area contributed by atoms with Crippen LogP contribution in [0.3, 0.4) is 0 Å². The average molecular weight is 382 g/mol. The summed E-state index contributed by atoms with van der Waals surface area (Å²) in [5.74, 6) is 0.805. The number of rotatable bonds is 3. The number of fused-ring (bicyclic) bond motifs is 2. The number of thiophene rings is 1. The molecule has 0 spiro atoms. The molecule has 0 saturated heterocycles. The molecule has 5 rings (SSSR count). The van der Waals surface area contributed by atoms with Crippen LogP contribution in [0.5, 0.6) is 0 Å². The van der Waals surface area contributed by atoms with Gasteiger partial charge in [-0.2, -0.15) is 0 Å². The van der Waals surface area contributed by atoms with Gasteiger partial charge in [-0.3, -0.25) is 4.98 Å². The van der Waals surface area contributed by atoms with Crippen LogP contribution in [0.2, 0.25) is 0 Å². The van der Waals surface area contributed by atoms with Crippen molar-refractivity contribution in [3.05, 3.63) is 77.6 Å². The Kier molecular flexibility index (Phi) is 4.02. The van der Waals surface area contributed by atoms with E-state index in [9.17, 15) is 0 Å². The Morgan fingerprint density at radius 3 is 2.68 bits per heavy atom. The zero-order valence-corrected chi connectivity index (χ0v) is 16.4. The summed E-state index contributed by atoms with van der Waals surface area (Å²) in [4.78, 5) is 14.6. The summed E-state index contributed by atoms with van der Waals surface area (Å²) >= 11 is 1.64. The van der Waals surface area contributed by atoms with E-state index in [1.54, 1.807) is 17.7 Å². The summed E-state index contributed by atoms with van der Waals surface area (Å²) in [6, 6.07) is 16.7. The topological polar surface area (TPSA) is 50.7 Å². The zero-order chi connectivity index (χ0) is 19.1. The lowest BCUT2D eigenvalue weighted by molar-refractivity contribution is 1.23. The molecule has 0 atom stereocenters. The highest BCUT2D eigenvalue weighted by atomic mass is 32.1. The van der Waals surface area contributed by atoms with Gasteiger partial charge in [0.05, 0.1) is 16.6 Å². The molecule has 0 bridgehead atoms. The van der Waals surface area contributed by atoms with Crippen molar-refractivity contribution in [3.8, 4) is 11.1 Å². The van der Waals surface area contributed by atoms with Crippen LogP contribution in [0.4, 0.5) is 11.5 Å². The Morgan fingerprint density at radius 2 is 1.79 bits per heavy atom. The lowest BCUT2D eigenvalue weighted by atomic mass is 9.99. The lowest BCUT2D eigenvalue weighted by Crippen LogP contribution is -1.97. The molecule has 0 aliphatic rings. The van der Waals surface area contributed by atoms with Crippen molar-refractivity contribution in [1.82, 2.24) is 15.0 Å². The summed E-state index contributed by atoms with van der Waals surface area (Å²) in [6.07, 6.45) is 3.43. The highest BCUT2D eigenvalue weighted by Gasteiger charge is 2.15. The normalized spacial score (nSPS) is 11.2. The molecule has 5 aromatic rings. The number of para-hydroxylation sites is 1. The van der Waals surface area contributed by atoms with Crippen LogP contribution in [0, 0.1) is 13.8 Å². The first-order valence-corrected chi connectivity index (χ1v) is 9.99. The Bertz CT molecular complexity index is 1320. The fourth-order valence-corrected chi connectivity index (χ4v) is 4.52. The van der Waals surface area contributed by atoms with Gasteiger partial charge in [0.1, 0.15) is 17.0 Å². The van der Waals surface area contributed by atoms with E-state index >= 15 is 0 Å². The van der Waals surface area contributed by atoms with Gasteiger partial charge in [0.15, 0.2) is 0 Å². The fourth-order valence-electron chi connectivity index (χ4n) is 3.62. The van der Waals surface area contributed by atoms with Gasteiger partial charge in [-0.15, -0.1) is 11.3 Å². The van der Waals surface area contributed by atoms with Crippen LogP contribution in [-0.2, 0) is 0 Å². The van der Waals surface area contributed by atoms with Crippen molar-refractivity contribution >= 4 is 44.0 Å². The van der Waals surface area contributed by atoms with E-state index in [1.807, 2.05) is 24.4 Å². The van der Waals surface area contributed by atoms with Crippen molar-refractivity contribution in [2.75, 3.05) is 5.32 Å². The Morgan fingerprint density at radius 1 is 0.893 bits per heavy atom. The van der Waals surface area contributed by atoms with Crippen LogP contribution in [0.1, 0.15) is 11.1 Å². The number of anilines is 2. The minimum atomic E-state index is 0.805. The van der Waals surface area contributed by atoms with Gasteiger partial charge in [-0.05, 0) is 37.1 Å². The number of hydrogen-bond donors (Lipinski definition) is 1. The summed E-state index contributed by atoms with van der Waals surface area (Å²) in [5, 5.41) is 7.82. The minimum absolute atomic E-state index is 0.805. The predicted octanol–water partition coefficient (Wildman–Crippen LogP) is 6.27. The molecular formula is C23H18N4S. The van der Waals surface area contributed by atoms with Crippen molar-refractivity contribution in [2.45, 2.75) is 13.8 Å². The smallest absolute Gasteiger partial charge is 0.143 e. The molecule has 0 saturated carbocycles. The van der Waals surface area contributed by atoms with Crippen molar-refractivity contribution < 1.29 is 0 Å². The van der Waals surface area contributed by atoms with E-state index in [0.717, 1.165) is 38.2 Å². The maximum absolute atomic E-state index is 4.57. The van der Waals surface area contributed by atoms with E-state index in [2.05, 4.69) is 69.8 Å². The maximum Gasteiger partial charge on any atom is 0.143 e. The number of aryl methyl sites for hydroxylation is 2. The number of nitrogens with zero attached hydrogens (tertiary/aromatic N) is 3. The molecule has 3 heterocycles. The largest absolute Gasteiger partial charge is 0.338 e. The Balaban J connectivity index is 1.69. The monoisotopic (exact) mass is 382 g/mol. The highest BCUT2D eigenvalue weighted by molar-refractivity contribution is 7.17. The average Bonchev–Trinajstić information content (AvgIpc) is 3.13. The third kappa shape index (κ3) is 2.80. The third-order valence-corrected chi connectivity index (χ3v) is 5.81. The molecule has 0 aliphatic carbocycles. The predicted molar refractivity (Wildman–Crippen MR) is 117 cm³/mol. The van der Waals surface area contributed by atoms with Gasteiger partial charge in [-0.25, -0.2) is 9.97 Å². The second-order valence-corrected chi connectivity index (χ2v) is 7.73. The maximum atomic E-state index is 4.57. The van der Waals surface area contributed by atoms with Crippen LogP contribution < -0.4 is 5.32 Å². The summed E-state index contributed by atoms with van der Waals surface area (Å²) in [7, 11) is 0. The number of pyridine rings is 1.